The van der Waals surface area contributed by atoms with Gasteiger partial charge in [0.1, 0.15) is 0 Å². The fraction of sp³-hybridized carbons (Fsp3) is 0.542. The quantitative estimate of drug-likeness (QED) is 0.384. The van der Waals surface area contributed by atoms with E-state index < -0.39 is 29.7 Å². The molecule has 2 aliphatic rings. The molecule has 228 valence electrons. The minimum Gasteiger partial charge on any atom is -0.475 e. The number of fused-ring (bicyclic) bond motifs is 1. The molecule has 0 aliphatic carbocycles. The van der Waals surface area contributed by atoms with Crippen molar-refractivity contribution in [2.45, 2.75) is 38.7 Å². The SMILES string of the molecule is CCOC(=O)[C@]12CCCN(Cc3ccoc3)C[C@H]1CN(c1ncccn1)C2.O=C(O)C(F)(F)F.O=C(O)C(F)(F)F. The summed E-state index contributed by atoms with van der Waals surface area (Å²) in [5.41, 5.74) is 0.681. The highest BCUT2D eigenvalue weighted by molar-refractivity contribution is 5.79. The molecule has 41 heavy (non-hydrogen) atoms. The van der Waals surface area contributed by atoms with Crippen molar-refractivity contribution in [1.29, 1.82) is 0 Å². The third kappa shape index (κ3) is 9.61. The van der Waals surface area contributed by atoms with E-state index in [1.54, 1.807) is 24.9 Å². The number of carbonyl (C=O) groups is 3. The average Bonchev–Trinajstić information content (AvgIpc) is 3.49. The number of aliphatic carboxylic acids is 2. The van der Waals surface area contributed by atoms with E-state index in [9.17, 15) is 31.1 Å². The standard InChI is InChI=1S/C20H26N4O3.2C2HF3O2/c1-2-27-18(25)20-6-3-9-23(11-16-5-10-26-14-16)12-17(20)13-24(15-20)19-21-7-4-8-22-19;2*3-2(4,5)1(6)7/h4-5,7-8,10,14,17H,2-3,6,9,11-13,15H2,1H3;2*(H,6,7)/t17-,20-;;/m0../s1. The minimum atomic E-state index is -5.08. The summed E-state index contributed by atoms with van der Waals surface area (Å²) in [4.78, 5) is 44.2. The van der Waals surface area contributed by atoms with Crippen molar-refractivity contribution in [3.8, 4) is 0 Å². The first-order valence-corrected chi connectivity index (χ1v) is 12.1. The molecular formula is C24H28F6N4O7. The molecule has 4 heterocycles. The lowest BCUT2D eigenvalue weighted by Gasteiger charge is -2.31. The Labute approximate surface area is 229 Å². The topological polar surface area (TPSA) is 146 Å². The van der Waals surface area contributed by atoms with E-state index in [1.807, 2.05) is 19.1 Å². The lowest BCUT2D eigenvalue weighted by molar-refractivity contribution is -0.193. The first kappa shape index (κ1) is 33.3. The van der Waals surface area contributed by atoms with Crippen LogP contribution in [0.5, 0.6) is 0 Å². The lowest BCUT2D eigenvalue weighted by Crippen LogP contribution is -2.42. The number of nitrogens with zero attached hydrogens (tertiary/aromatic N) is 4. The van der Waals surface area contributed by atoms with Crippen LogP contribution in [0.25, 0.3) is 0 Å². The van der Waals surface area contributed by atoms with Crippen molar-refractivity contribution in [3.63, 3.8) is 0 Å². The second kappa shape index (κ2) is 14.1. The van der Waals surface area contributed by atoms with Crippen LogP contribution in [0.15, 0.2) is 41.5 Å². The number of rotatable bonds is 5. The Hall–Kier alpha value is -3.89. The van der Waals surface area contributed by atoms with Crippen LogP contribution >= 0.6 is 0 Å². The molecule has 17 heteroatoms. The Kier molecular flexibility index (Phi) is 11.5. The highest BCUT2D eigenvalue weighted by Gasteiger charge is 2.54. The molecule has 0 aromatic carbocycles. The van der Waals surface area contributed by atoms with Crippen LogP contribution in [0.3, 0.4) is 0 Å². The molecule has 0 bridgehead atoms. The molecule has 11 nitrogen and oxygen atoms in total. The monoisotopic (exact) mass is 598 g/mol. The highest BCUT2D eigenvalue weighted by atomic mass is 19.4. The van der Waals surface area contributed by atoms with Crippen molar-refractivity contribution in [1.82, 2.24) is 14.9 Å². The van der Waals surface area contributed by atoms with Crippen molar-refractivity contribution < 1.29 is 60.1 Å². The van der Waals surface area contributed by atoms with Crippen LogP contribution in [-0.4, -0.2) is 88.1 Å². The predicted molar refractivity (Wildman–Crippen MR) is 127 cm³/mol. The number of anilines is 1. The first-order chi connectivity index (χ1) is 19.1. The van der Waals surface area contributed by atoms with Gasteiger partial charge in [-0.1, -0.05) is 0 Å². The summed E-state index contributed by atoms with van der Waals surface area (Å²) in [7, 11) is 0. The Morgan fingerprint density at radius 2 is 1.66 bits per heavy atom. The number of carbonyl (C=O) groups excluding carboxylic acids is 1. The Morgan fingerprint density at radius 1 is 1.07 bits per heavy atom. The molecular weight excluding hydrogens is 570 g/mol. The minimum absolute atomic E-state index is 0.0707. The molecule has 2 fully saturated rings. The van der Waals surface area contributed by atoms with Crippen molar-refractivity contribution >= 4 is 23.9 Å². The average molecular weight is 598 g/mol. The summed E-state index contributed by atoms with van der Waals surface area (Å²) in [5.74, 6) is -4.70. The Balaban J connectivity index is 0.000000349. The summed E-state index contributed by atoms with van der Waals surface area (Å²) in [5, 5.41) is 14.2. The summed E-state index contributed by atoms with van der Waals surface area (Å²) in [6.07, 6.45) is -1.36. The summed E-state index contributed by atoms with van der Waals surface area (Å²) < 4.78 is 74.2. The number of hydrogen-bond donors (Lipinski definition) is 2. The zero-order valence-corrected chi connectivity index (χ0v) is 21.7. The van der Waals surface area contributed by atoms with Crippen LogP contribution < -0.4 is 4.90 Å². The molecule has 0 unspecified atom stereocenters. The fourth-order valence-corrected chi connectivity index (χ4v) is 4.51. The fourth-order valence-electron chi connectivity index (χ4n) is 4.51. The zero-order valence-electron chi connectivity index (χ0n) is 21.7. The highest BCUT2D eigenvalue weighted by Crippen LogP contribution is 2.44. The molecule has 2 N–H and O–H groups in total. The van der Waals surface area contributed by atoms with Crippen molar-refractivity contribution in [2.24, 2.45) is 11.3 Å². The van der Waals surface area contributed by atoms with E-state index in [2.05, 4.69) is 19.8 Å². The smallest absolute Gasteiger partial charge is 0.475 e. The largest absolute Gasteiger partial charge is 0.490 e. The van der Waals surface area contributed by atoms with E-state index in [-0.39, 0.29) is 11.9 Å². The van der Waals surface area contributed by atoms with Crippen LogP contribution in [0.4, 0.5) is 32.3 Å². The molecule has 4 rings (SSSR count). The molecule has 0 radical (unpaired) electrons. The van der Waals surface area contributed by atoms with Gasteiger partial charge in [0.2, 0.25) is 5.95 Å². The molecule has 2 atom stereocenters. The second-order valence-corrected chi connectivity index (χ2v) is 9.08. The molecule has 0 amide bonds. The van der Waals surface area contributed by atoms with Crippen molar-refractivity contribution in [3.05, 3.63) is 42.6 Å². The van der Waals surface area contributed by atoms with Gasteiger partial charge in [0.05, 0.1) is 24.5 Å². The van der Waals surface area contributed by atoms with Gasteiger partial charge in [0.25, 0.3) is 0 Å². The number of hydrogen-bond acceptors (Lipinski definition) is 9. The van der Waals surface area contributed by atoms with Crippen LogP contribution in [-0.2, 0) is 25.7 Å². The van der Waals surface area contributed by atoms with Gasteiger partial charge in [0, 0.05) is 50.1 Å². The third-order valence-electron chi connectivity index (χ3n) is 6.26. The number of furan rings is 1. The van der Waals surface area contributed by atoms with E-state index in [4.69, 9.17) is 29.0 Å². The van der Waals surface area contributed by atoms with Gasteiger partial charge in [-0.3, -0.25) is 9.69 Å². The first-order valence-electron chi connectivity index (χ1n) is 12.1. The summed E-state index contributed by atoms with van der Waals surface area (Å²) >= 11 is 0. The van der Waals surface area contributed by atoms with Gasteiger partial charge in [-0.25, -0.2) is 19.6 Å². The van der Waals surface area contributed by atoms with E-state index >= 15 is 0 Å². The maximum Gasteiger partial charge on any atom is 0.490 e. The van der Waals surface area contributed by atoms with Gasteiger partial charge >= 0.3 is 30.3 Å². The molecule has 2 aromatic rings. The van der Waals surface area contributed by atoms with E-state index in [1.165, 1.54) is 5.56 Å². The van der Waals surface area contributed by atoms with Crippen LogP contribution in [0.2, 0.25) is 0 Å². The molecule has 2 aromatic heterocycles. The maximum absolute atomic E-state index is 13.0. The predicted octanol–water partition coefficient (Wildman–Crippen LogP) is 3.62. The number of carboxylic acid groups (broad SMARTS) is 2. The third-order valence-corrected chi connectivity index (χ3v) is 6.26. The number of esters is 1. The van der Waals surface area contributed by atoms with Gasteiger partial charge in [-0.15, -0.1) is 0 Å². The van der Waals surface area contributed by atoms with Gasteiger partial charge in [0.15, 0.2) is 0 Å². The number of halogens is 6. The number of ether oxygens (including phenoxy) is 1. The van der Waals surface area contributed by atoms with E-state index in [0.717, 1.165) is 39.0 Å². The Bertz CT molecular complexity index is 1110. The normalized spacial score (nSPS) is 20.9. The van der Waals surface area contributed by atoms with Crippen molar-refractivity contribution in [2.75, 3.05) is 37.7 Å². The van der Waals surface area contributed by atoms with Crippen LogP contribution in [0, 0.1) is 11.3 Å². The maximum atomic E-state index is 13.0. The number of alkyl halides is 6. The molecule has 0 spiro atoms. The zero-order chi connectivity index (χ0) is 30.8. The summed E-state index contributed by atoms with van der Waals surface area (Å²) in [6.45, 7) is 6.35. The van der Waals surface area contributed by atoms with Gasteiger partial charge in [-0.2, -0.15) is 26.3 Å². The summed E-state index contributed by atoms with van der Waals surface area (Å²) in [6, 6.07) is 3.81. The Morgan fingerprint density at radius 3 is 2.15 bits per heavy atom. The number of aromatic nitrogens is 2. The van der Waals surface area contributed by atoms with E-state index in [0.29, 0.717) is 19.1 Å². The second-order valence-electron chi connectivity index (χ2n) is 9.08. The molecule has 0 saturated carbocycles. The van der Waals surface area contributed by atoms with Gasteiger partial charge in [-0.05, 0) is 38.4 Å². The number of likely N-dealkylation sites (tertiary alicyclic amines) is 1. The van der Waals surface area contributed by atoms with Gasteiger partial charge < -0.3 is 24.3 Å². The molecule has 2 aliphatic heterocycles. The number of carboxylic acids is 2. The van der Waals surface area contributed by atoms with Crippen LogP contribution in [0.1, 0.15) is 25.3 Å². The lowest BCUT2D eigenvalue weighted by atomic mass is 9.75. The molecule has 2 saturated heterocycles.